The van der Waals surface area contributed by atoms with E-state index in [0.29, 0.717) is 6.42 Å². The second-order valence-corrected chi connectivity index (χ2v) is 5.16. The van der Waals surface area contributed by atoms with Crippen molar-refractivity contribution < 1.29 is 4.74 Å². The largest absolute Gasteiger partial charge is 0.492 e. The van der Waals surface area contributed by atoms with E-state index in [1.807, 2.05) is 24.3 Å². The fourth-order valence-corrected chi connectivity index (χ4v) is 2.13. The Hall–Kier alpha value is -1.53. The van der Waals surface area contributed by atoms with Crippen LogP contribution in [-0.2, 0) is 6.42 Å². The highest BCUT2D eigenvalue weighted by atomic mass is 16.5. The maximum absolute atomic E-state index is 8.61. The smallest absolute Gasteiger partial charge is 0.119 e. The molecule has 1 fully saturated rings. The number of benzene rings is 1. The maximum Gasteiger partial charge on any atom is 0.119 e. The summed E-state index contributed by atoms with van der Waals surface area (Å²) in [5, 5.41) is 8.61. The molecule has 3 nitrogen and oxygen atoms in total. The molecule has 0 spiro atoms. The summed E-state index contributed by atoms with van der Waals surface area (Å²) in [5.74, 6) is 1.83. The molecule has 0 N–H and O–H groups in total. The molecule has 1 aliphatic carbocycles. The second kappa shape index (κ2) is 7.16. The maximum atomic E-state index is 8.61. The zero-order chi connectivity index (χ0) is 13.5. The van der Waals surface area contributed by atoms with Crippen molar-refractivity contribution in [1.29, 1.82) is 5.26 Å². The fourth-order valence-electron chi connectivity index (χ4n) is 2.13. The molecule has 102 valence electrons. The fraction of sp³-hybridized carbons (Fsp3) is 0.562. The van der Waals surface area contributed by atoms with Gasteiger partial charge < -0.3 is 4.74 Å². The normalized spacial score (nSPS) is 14.4. The molecular formula is C16H22N2O. The van der Waals surface area contributed by atoms with E-state index in [1.54, 1.807) is 0 Å². The number of rotatable bonds is 8. The average Bonchev–Trinajstić information content (AvgIpc) is 3.24. The molecule has 0 atom stereocenters. The first-order valence-corrected chi connectivity index (χ1v) is 7.13. The van der Waals surface area contributed by atoms with Crippen molar-refractivity contribution in [1.82, 2.24) is 4.90 Å². The van der Waals surface area contributed by atoms with E-state index in [2.05, 4.69) is 17.9 Å². The van der Waals surface area contributed by atoms with Gasteiger partial charge in [0.1, 0.15) is 12.4 Å². The van der Waals surface area contributed by atoms with Crippen LogP contribution in [0.2, 0.25) is 0 Å². The first-order valence-electron chi connectivity index (χ1n) is 7.13. The Morgan fingerprint density at radius 2 is 2.05 bits per heavy atom. The average molecular weight is 258 g/mol. The number of hydrogen-bond acceptors (Lipinski definition) is 3. The lowest BCUT2D eigenvalue weighted by molar-refractivity contribution is 0.210. The van der Waals surface area contributed by atoms with E-state index in [0.717, 1.165) is 36.9 Å². The van der Waals surface area contributed by atoms with Gasteiger partial charge in [-0.25, -0.2) is 0 Å². The lowest BCUT2D eigenvalue weighted by Gasteiger charge is -2.20. The number of likely N-dealkylation sites (N-methyl/N-ethyl adjacent to an activating group) is 1. The van der Waals surface area contributed by atoms with Gasteiger partial charge in [-0.05, 0) is 43.0 Å². The van der Waals surface area contributed by atoms with Crippen LogP contribution < -0.4 is 4.74 Å². The van der Waals surface area contributed by atoms with Crippen LogP contribution in [-0.4, -0.2) is 31.1 Å². The number of ether oxygens (including phenoxy) is 1. The highest BCUT2D eigenvalue weighted by Gasteiger charge is 2.23. The van der Waals surface area contributed by atoms with E-state index in [1.165, 1.54) is 19.4 Å². The summed E-state index contributed by atoms with van der Waals surface area (Å²) in [5.41, 5.74) is 1.04. The van der Waals surface area contributed by atoms with Crippen molar-refractivity contribution in [2.24, 2.45) is 5.92 Å². The topological polar surface area (TPSA) is 36.3 Å². The predicted octanol–water partition coefficient (Wildman–Crippen LogP) is 2.86. The molecule has 0 unspecified atom stereocenters. The van der Waals surface area contributed by atoms with Gasteiger partial charge in [-0.3, -0.25) is 4.90 Å². The Labute approximate surface area is 115 Å². The van der Waals surface area contributed by atoms with E-state index in [9.17, 15) is 0 Å². The lowest BCUT2D eigenvalue weighted by Crippen LogP contribution is -2.30. The molecule has 0 heterocycles. The van der Waals surface area contributed by atoms with Gasteiger partial charge in [0.05, 0.1) is 12.5 Å². The van der Waals surface area contributed by atoms with Gasteiger partial charge in [-0.1, -0.05) is 19.1 Å². The number of nitriles is 1. The molecule has 0 saturated heterocycles. The van der Waals surface area contributed by atoms with Gasteiger partial charge >= 0.3 is 0 Å². The van der Waals surface area contributed by atoms with Gasteiger partial charge in [0.2, 0.25) is 0 Å². The summed E-state index contributed by atoms with van der Waals surface area (Å²) in [6, 6.07) is 9.96. The lowest BCUT2D eigenvalue weighted by atomic mass is 10.2. The molecule has 3 heteroatoms. The molecule has 19 heavy (non-hydrogen) atoms. The molecular weight excluding hydrogens is 236 g/mol. The van der Waals surface area contributed by atoms with Crippen molar-refractivity contribution in [3.63, 3.8) is 0 Å². The van der Waals surface area contributed by atoms with Crippen LogP contribution in [0, 0.1) is 17.2 Å². The zero-order valence-electron chi connectivity index (χ0n) is 11.6. The molecule has 0 radical (unpaired) electrons. The van der Waals surface area contributed by atoms with E-state index >= 15 is 0 Å². The van der Waals surface area contributed by atoms with Crippen molar-refractivity contribution in [2.45, 2.75) is 26.2 Å². The zero-order valence-corrected chi connectivity index (χ0v) is 11.6. The minimum Gasteiger partial charge on any atom is -0.492 e. The molecule has 0 aromatic heterocycles. The third-order valence-corrected chi connectivity index (χ3v) is 3.54. The molecule has 0 bridgehead atoms. The van der Waals surface area contributed by atoms with Crippen molar-refractivity contribution in [3.8, 4) is 11.8 Å². The summed E-state index contributed by atoms with van der Waals surface area (Å²) in [6.07, 6.45) is 3.26. The van der Waals surface area contributed by atoms with Crippen LogP contribution in [0.5, 0.6) is 5.75 Å². The Bertz CT molecular complexity index is 417. The van der Waals surface area contributed by atoms with Gasteiger partial charge in [0, 0.05) is 13.1 Å². The van der Waals surface area contributed by atoms with Crippen molar-refractivity contribution >= 4 is 0 Å². The van der Waals surface area contributed by atoms with Gasteiger partial charge in [0.15, 0.2) is 0 Å². The van der Waals surface area contributed by atoms with Crippen LogP contribution in [0.15, 0.2) is 24.3 Å². The number of nitrogens with zero attached hydrogens (tertiary/aromatic N) is 2. The predicted molar refractivity (Wildman–Crippen MR) is 76.1 cm³/mol. The molecule has 1 aromatic carbocycles. The molecule has 1 aromatic rings. The minimum atomic E-state index is 0.464. The van der Waals surface area contributed by atoms with Crippen molar-refractivity contribution in [2.75, 3.05) is 26.2 Å². The van der Waals surface area contributed by atoms with Crippen molar-refractivity contribution in [3.05, 3.63) is 29.8 Å². The monoisotopic (exact) mass is 258 g/mol. The third kappa shape index (κ3) is 4.92. The standard InChI is InChI=1S/C16H22N2O/c1-2-18(13-15-3-4-15)11-12-19-16-7-5-14(6-8-16)9-10-17/h5-8,15H,2-4,9,11-13H2,1H3. The quantitative estimate of drug-likeness (QED) is 0.719. The first-order chi connectivity index (χ1) is 9.31. The molecule has 0 amide bonds. The minimum absolute atomic E-state index is 0.464. The molecule has 1 aliphatic rings. The van der Waals surface area contributed by atoms with Crippen LogP contribution in [0.1, 0.15) is 25.3 Å². The van der Waals surface area contributed by atoms with Crippen LogP contribution in [0.4, 0.5) is 0 Å². The first kappa shape index (κ1) is 13.9. The van der Waals surface area contributed by atoms with Crippen LogP contribution in [0.3, 0.4) is 0 Å². The van der Waals surface area contributed by atoms with Gasteiger partial charge in [-0.15, -0.1) is 0 Å². The highest BCUT2D eigenvalue weighted by Crippen LogP contribution is 2.29. The summed E-state index contributed by atoms with van der Waals surface area (Å²) < 4.78 is 5.75. The van der Waals surface area contributed by atoms with Crippen LogP contribution in [0.25, 0.3) is 0 Å². The Kier molecular flexibility index (Phi) is 5.23. The highest BCUT2D eigenvalue weighted by molar-refractivity contribution is 5.28. The summed E-state index contributed by atoms with van der Waals surface area (Å²) in [4.78, 5) is 2.46. The summed E-state index contributed by atoms with van der Waals surface area (Å²) >= 11 is 0. The SMILES string of the molecule is CCN(CCOc1ccc(CC#N)cc1)CC1CC1. The number of hydrogen-bond donors (Lipinski definition) is 0. The molecule has 1 saturated carbocycles. The Morgan fingerprint density at radius 3 is 2.63 bits per heavy atom. The van der Waals surface area contributed by atoms with Gasteiger partial charge in [0.25, 0.3) is 0 Å². The van der Waals surface area contributed by atoms with E-state index in [-0.39, 0.29) is 0 Å². The molecule has 0 aliphatic heterocycles. The summed E-state index contributed by atoms with van der Waals surface area (Å²) in [7, 11) is 0. The van der Waals surface area contributed by atoms with E-state index < -0.39 is 0 Å². The third-order valence-electron chi connectivity index (χ3n) is 3.54. The second-order valence-electron chi connectivity index (χ2n) is 5.16. The Morgan fingerprint density at radius 1 is 1.32 bits per heavy atom. The Balaban J connectivity index is 1.70. The van der Waals surface area contributed by atoms with E-state index in [4.69, 9.17) is 10.00 Å². The summed E-state index contributed by atoms with van der Waals surface area (Å²) in [6.45, 7) is 6.26. The molecule has 2 rings (SSSR count). The van der Waals surface area contributed by atoms with Gasteiger partial charge in [-0.2, -0.15) is 5.26 Å². The van der Waals surface area contributed by atoms with Crippen LogP contribution >= 0.6 is 0 Å².